The number of hydrogen-bond acceptors (Lipinski definition) is 3. The molecule has 6 heteroatoms. The van der Waals surface area contributed by atoms with Gasteiger partial charge in [-0.1, -0.05) is 18.2 Å². The maximum absolute atomic E-state index is 11.7. The van der Waals surface area contributed by atoms with Gasteiger partial charge < -0.3 is 20.3 Å². The van der Waals surface area contributed by atoms with Crippen molar-refractivity contribution in [3.8, 4) is 0 Å². The summed E-state index contributed by atoms with van der Waals surface area (Å²) in [6, 6.07) is 11.8. The van der Waals surface area contributed by atoms with Gasteiger partial charge in [0.05, 0.1) is 12.6 Å². The van der Waals surface area contributed by atoms with Gasteiger partial charge in [-0.3, -0.25) is 4.79 Å². The maximum atomic E-state index is 11.7. The summed E-state index contributed by atoms with van der Waals surface area (Å²) in [6.45, 7) is 2.12. The highest BCUT2D eigenvalue weighted by Crippen LogP contribution is 2.08. The van der Waals surface area contributed by atoms with Gasteiger partial charge in [0.2, 0.25) is 0 Å². The quantitative estimate of drug-likeness (QED) is 0.779. The minimum absolute atomic E-state index is 0.0545. The highest BCUT2D eigenvalue weighted by molar-refractivity contribution is 5.89. The van der Waals surface area contributed by atoms with Gasteiger partial charge in [0.15, 0.2) is 0 Å². The van der Waals surface area contributed by atoms with Crippen molar-refractivity contribution in [1.82, 2.24) is 9.88 Å². The largest absolute Gasteiger partial charge is 0.389 e. The predicted molar refractivity (Wildman–Crippen MR) is 84.9 cm³/mol. The highest BCUT2D eigenvalue weighted by Gasteiger charge is 2.08. The van der Waals surface area contributed by atoms with E-state index in [1.807, 2.05) is 25.1 Å². The van der Waals surface area contributed by atoms with Crippen molar-refractivity contribution < 1.29 is 9.90 Å². The molecule has 22 heavy (non-hydrogen) atoms. The lowest BCUT2D eigenvalue weighted by Gasteiger charge is -2.14. The van der Waals surface area contributed by atoms with Gasteiger partial charge in [-0.2, -0.15) is 0 Å². The Morgan fingerprint density at radius 3 is 2.82 bits per heavy atom. The van der Waals surface area contributed by atoms with Crippen molar-refractivity contribution in [3.05, 3.63) is 64.6 Å². The Balaban J connectivity index is 1.81. The van der Waals surface area contributed by atoms with Crippen molar-refractivity contribution >= 4 is 11.7 Å². The molecule has 6 nitrogen and oxygen atoms in total. The second-order valence-corrected chi connectivity index (χ2v) is 5.05. The first kappa shape index (κ1) is 15.8. The molecule has 1 unspecified atom stereocenters. The molecule has 0 fully saturated rings. The van der Waals surface area contributed by atoms with Gasteiger partial charge in [0.25, 0.3) is 5.56 Å². The molecule has 0 saturated heterocycles. The molecule has 116 valence electrons. The molecule has 0 bridgehead atoms. The number of amides is 2. The SMILES string of the molecule is Cc1cccc(NC(=O)NCC(O)Cn2ccccc2=O)c1. The lowest BCUT2D eigenvalue weighted by atomic mass is 10.2. The van der Waals surface area contributed by atoms with E-state index in [0.717, 1.165) is 5.56 Å². The van der Waals surface area contributed by atoms with Crippen LogP contribution in [0.25, 0.3) is 0 Å². The summed E-state index contributed by atoms with van der Waals surface area (Å²) in [6.07, 6.45) is 0.751. The highest BCUT2D eigenvalue weighted by atomic mass is 16.3. The van der Waals surface area contributed by atoms with Gasteiger partial charge in [-0.05, 0) is 30.7 Å². The van der Waals surface area contributed by atoms with Crippen LogP contribution in [0.2, 0.25) is 0 Å². The molecule has 0 aliphatic rings. The molecule has 1 aromatic heterocycles. The zero-order valence-electron chi connectivity index (χ0n) is 12.3. The smallest absolute Gasteiger partial charge is 0.319 e. The molecule has 0 aliphatic heterocycles. The molecule has 0 aliphatic carbocycles. The Bertz CT molecular complexity index is 697. The van der Waals surface area contributed by atoms with Gasteiger partial charge in [-0.15, -0.1) is 0 Å². The minimum atomic E-state index is -0.844. The predicted octanol–water partition coefficient (Wildman–Crippen LogP) is 1.34. The number of carbonyl (C=O) groups is 1. The zero-order chi connectivity index (χ0) is 15.9. The molecule has 0 spiro atoms. The number of carbonyl (C=O) groups excluding carboxylic acids is 1. The van der Waals surface area contributed by atoms with Crippen LogP contribution in [0.1, 0.15) is 5.56 Å². The molecule has 1 aromatic carbocycles. The molecule has 2 amide bonds. The van der Waals surface area contributed by atoms with Crippen LogP contribution in [-0.2, 0) is 6.54 Å². The third-order valence-electron chi connectivity index (χ3n) is 3.08. The monoisotopic (exact) mass is 301 g/mol. The molecule has 0 radical (unpaired) electrons. The molecular formula is C16H19N3O3. The Kier molecular flexibility index (Phi) is 5.32. The topological polar surface area (TPSA) is 83.4 Å². The van der Waals surface area contributed by atoms with Crippen molar-refractivity contribution in [2.45, 2.75) is 19.6 Å². The van der Waals surface area contributed by atoms with E-state index >= 15 is 0 Å². The van der Waals surface area contributed by atoms with E-state index in [0.29, 0.717) is 5.69 Å². The Morgan fingerprint density at radius 2 is 2.09 bits per heavy atom. The number of rotatable bonds is 5. The second-order valence-electron chi connectivity index (χ2n) is 5.05. The van der Waals surface area contributed by atoms with E-state index < -0.39 is 12.1 Å². The Labute approximate surface area is 128 Å². The summed E-state index contributed by atoms with van der Waals surface area (Å²) in [5.74, 6) is 0. The van der Waals surface area contributed by atoms with Gasteiger partial charge >= 0.3 is 6.03 Å². The number of urea groups is 1. The summed E-state index contributed by atoms with van der Waals surface area (Å²) in [5.41, 5.74) is 1.54. The number of benzene rings is 1. The van der Waals surface area contributed by atoms with E-state index in [2.05, 4.69) is 10.6 Å². The number of aliphatic hydroxyl groups is 1. The van der Waals surface area contributed by atoms with Crippen LogP contribution in [0.5, 0.6) is 0 Å². The first-order chi connectivity index (χ1) is 10.5. The lowest BCUT2D eigenvalue weighted by Crippen LogP contribution is -2.38. The summed E-state index contributed by atoms with van der Waals surface area (Å²) in [5, 5.41) is 15.1. The van der Waals surface area contributed by atoms with E-state index in [-0.39, 0.29) is 18.6 Å². The third-order valence-corrected chi connectivity index (χ3v) is 3.08. The molecular weight excluding hydrogens is 282 g/mol. The van der Waals surface area contributed by atoms with Crippen LogP contribution in [0.3, 0.4) is 0 Å². The van der Waals surface area contributed by atoms with Crippen LogP contribution in [0.15, 0.2) is 53.5 Å². The molecule has 2 rings (SSSR count). The number of nitrogens with zero attached hydrogens (tertiary/aromatic N) is 1. The first-order valence-electron chi connectivity index (χ1n) is 6.99. The fraction of sp³-hybridized carbons (Fsp3) is 0.250. The molecule has 1 atom stereocenters. The number of aryl methyl sites for hydroxylation is 1. The average Bonchev–Trinajstić information content (AvgIpc) is 2.48. The summed E-state index contributed by atoms with van der Waals surface area (Å²) in [4.78, 5) is 23.3. The number of aliphatic hydroxyl groups excluding tert-OH is 1. The van der Waals surface area contributed by atoms with Crippen molar-refractivity contribution in [1.29, 1.82) is 0 Å². The fourth-order valence-electron chi connectivity index (χ4n) is 2.01. The van der Waals surface area contributed by atoms with Crippen LogP contribution in [0, 0.1) is 6.92 Å². The number of nitrogens with one attached hydrogen (secondary N) is 2. The normalized spacial score (nSPS) is 11.7. The first-order valence-corrected chi connectivity index (χ1v) is 6.99. The number of aromatic nitrogens is 1. The minimum Gasteiger partial charge on any atom is -0.389 e. The van der Waals surface area contributed by atoms with Gasteiger partial charge in [0, 0.05) is 24.5 Å². The second kappa shape index (κ2) is 7.42. The fourth-order valence-corrected chi connectivity index (χ4v) is 2.01. The number of anilines is 1. The van der Waals surface area contributed by atoms with Crippen molar-refractivity contribution in [2.24, 2.45) is 0 Å². The van der Waals surface area contributed by atoms with E-state index in [1.54, 1.807) is 24.4 Å². The van der Waals surface area contributed by atoms with Crippen molar-refractivity contribution in [3.63, 3.8) is 0 Å². The number of hydrogen-bond donors (Lipinski definition) is 3. The van der Waals surface area contributed by atoms with E-state index in [4.69, 9.17) is 0 Å². The summed E-state index contributed by atoms with van der Waals surface area (Å²) in [7, 11) is 0. The van der Waals surface area contributed by atoms with Gasteiger partial charge in [0.1, 0.15) is 0 Å². The molecule has 3 N–H and O–H groups in total. The van der Waals surface area contributed by atoms with Crippen LogP contribution in [-0.4, -0.2) is 28.4 Å². The Hall–Kier alpha value is -2.60. The molecule has 2 aromatic rings. The average molecular weight is 301 g/mol. The summed E-state index contributed by atoms with van der Waals surface area (Å²) >= 11 is 0. The van der Waals surface area contributed by atoms with Gasteiger partial charge in [-0.25, -0.2) is 4.79 Å². The van der Waals surface area contributed by atoms with E-state index in [1.165, 1.54) is 10.6 Å². The lowest BCUT2D eigenvalue weighted by molar-refractivity contribution is 0.151. The standard InChI is InChI=1S/C16H19N3O3/c1-12-5-4-6-13(9-12)18-16(22)17-10-14(20)11-19-8-3-2-7-15(19)21/h2-9,14,20H,10-11H2,1H3,(H2,17,18,22). The molecule has 1 heterocycles. The number of pyridine rings is 1. The van der Waals surface area contributed by atoms with Crippen LogP contribution < -0.4 is 16.2 Å². The zero-order valence-corrected chi connectivity index (χ0v) is 12.3. The van der Waals surface area contributed by atoms with Crippen LogP contribution in [0.4, 0.5) is 10.5 Å². The van der Waals surface area contributed by atoms with Crippen molar-refractivity contribution in [2.75, 3.05) is 11.9 Å². The third kappa shape index (κ3) is 4.75. The van der Waals surface area contributed by atoms with Crippen LogP contribution >= 0.6 is 0 Å². The molecule has 0 saturated carbocycles. The maximum Gasteiger partial charge on any atom is 0.319 e. The van der Waals surface area contributed by atoms with E-state index in [9.17, 15) is 14.7 Å². The Morgan fingerprint density at radius 1 is 1.27 bits per heavy atom. The summed E-state index contributed by atoms with van der Waals surface area (Å²) < 4.78 is 1.39.